The van der Waals surface area contributed by atoms with Crippen LogP contribution in [-0.4, -0.2) is 20.1 Å². The molecule has 0 atom stereocenters. The molecule has 0 radical (unpaired) electrons. The highest BCUT2D eigenvalue weighted by Gasteiger charge is 2.07. The zero-order valence-corrected chi connectivity index (χ0v) is 11.9. The second-order valence-corrected chi connectivity index (χ2v) is 4.46. The van der Waals surface area contributed by atoms with Crippen LogP contribution in [-0.2, 0) is 0 Å². The van der Waals surface area contributed by atoms with Gasteiger partial charge in [-0.1, -0.05) is 0 Å². The van der Waals surface area contributed by atoms with Crippen molar-refractivity contribution in [3.05, 3.63) is 53.6 Å². The zero-order chi connectivity index (χ0) is 14.5. The highest BCUT2D eigenvalue weighted by molar-refractivity contribution is 6.04. The maximum atomic E-state index is 12.2. The summed E-state index contributed by atoms with van der Waals surface area (Å²) in [5, 5.41) is 5.94. The second-order valence-electron chi connectivity index (χ2n) is 4.46. The van der Waals surface area contributed by atoms with Gasteiger partial charge in [0.1, 0.15) is 5.75 Å². The second kappa shape index (κ2) is 6.10. The van der Waals surface area contributed by atoms with E-state index in [0.29, 0.717) is 5.56 Å². The Morgan fingerprint density at radius 3 is 2.35 bits per heavy atom. The maximum Gasteiger partial charge on any atom is 0.255 e. The third kappa shape index (κ3) is 3.09. The Morgan fingerprint density at radius 2 is 1.80 bits per heavy atom. The molecule has 0 saturated heterocycles. The molecule has 0 bridgehead atoms. The molecule has 2 aromatic rings. The van der Waals surface area contributed by atoms with Crippen LogP contribution in [0.5, 0.6) is 5.75 Å². The van der Waals surface area contributed by atoms with Gasteiger partial charge in [-0.2, -0.15) is 0 Å². The molecule has 0 heterocycles. The number of nitrogens with one attached hydrogen (secondary N) is 2. The van der Waals surface area contributed by atoms with Crippen LogP contribution in [0.4, 0.5) is 11.4 Å². The Balaban J connectivity index is 2.12. The summed E-state index contributed by atoms with van der Waals surface area (Å²) in [6.07, 6.45) is 0. The van der Waals surface area contributed by atoms with Gasteiger partial charge in [-0.15, -0.1) is 0 Å². The molecule has 0 aliphatic carbocycles. The lowest BCUT2D eigenvalue weighted by Gasteiger charge is -2.09. The number of carbonyl (C=O) groups excluding carboxylic acids is 1. The van der Waals surface area contributed by atoms with Crippen molar-refractivity contribution in [2.45, 2.75) is 6.92 Å². The van der Waals surface area contributed by atoms with Crippen LogP contribution >= 0.6 is 0 Å². The molecule has 0 unspecified atom stereocenters. The monoisotopic (exact) mass is 270 g/mol. The number of hydrogen-bond donors (Lipinski definition) is 2. The van der Waals surface area contributed by atoms with Gasteiger partial charge in [0.25, 0.3) is 5.91 Å². The predicted molar refractivity (Wildman–Crippen MR) is 81.7 cm³/mol. The number of ether oxygens (including phenoxy) is 1. The molecule has 2 N–H and O–H groups in total. The maximum absolute atomic E-state index is 12.2. The number of carbonyl (C=O) groups is 1. The minimum Gasteiger partial charge on any atom is -0.497 e. The molecule has 0 fully saturated rings. The summed E-state index contributed by atoms with van der Waals surface area (Å²) in [5.41, 5.74) is 3.43. The fraction of sp³-hybridized carbons (Fsp3) is 0.188. The van der Waals surface area contributed by atoms with E-state index in [9.17, 15) is 4.79 Å². The standard InChI is InChI=1S/C16H18N2O2/c1-11-10-12(4-9-15(11)17-2)16(19)18-13-5-7-14(20-3)8-6-13/h4-10,17H,1-3H3,(H,18,19). The highest BCUT2D eigenvalue weighted by atomic mass is 16.5. The molecule has 1 amide bonds. The molecule has 4 heteroatoms. The SMILES string of the molecule is CNc1ccc(C(=O)Nc2ccc(OC)cc2)cc1C. The smallest absolute Gasteiger partial charge is 0.255 e. The third-order valence-electron chi connectivity index (χ3n) is 3.11. The molecule has 0 aliphatic heterocycles. The fourth-order valence-electron chi connectivity index (χ4n) is 1.96. The number of benzene rings is 2. The van der Waals surface area contributed by atoms with Crippen molar-refractivity contribution in [2.24, 2.45) is 0 Å². The van der Waals surface area contributed by atoms with Crippen molar-refractivity contribution in [1.29, 1.82) is 0 Å². The summed E-state index contributed by atoms with van der Waals surface area (Å²) >= 11 is 0. The van der Waals surface area contributed by atoms with Crippen LogP contribution in [0.2, 0.25) is 0 Å². The van der Waals surface area contributed by atoms with E-state index in [4.69, 9.17) is 4.74 Å². The highest BCUT2D eigenvalue weighted by Crippen LogP contribution is 2.18. The number of anilines is 2. The van der Waals surface area contributed by atoms with Crippen molar-refractivity contribution in [3.8, 4) is 5.75 Å². The van der Waals surface area contributed by atoms with Gasteiger partial charge in [-0.25, -0.2) is 0 Å². The summed E-state index contributed by atoms with van der Waals surface area (Å²) in [5.74, 6) is 0.637. The van der Waals surface area contributed by atoms with Crippen molar-refractivity contribution < 1.29 is 9.53 Å². The first kappa shape index (κ1) is 13.9. The lowest BCUT2D eigenvalue weighted by Crippen LogP contribution is -2.12. The van der Waals surface area contributed by atoms with E-state index in [2.05, 4.69) is 10.6 Å². The third-order valence-corrected chi connectivity index (χ3v) is 3.11. The van der Waals surface area contributed by atoms with Crippen molar-refractivity contribution >= 4 is 17.3 Å². The van der Waals surface area contributed by atoms with Crippen molar-refractivity contribution in [1.82, 2.24) is 0 Å². The van der Waals surface area contributed by atoms with Gasteiger partial charge in [-0.3, -0.25) is 4.79 Å². The topological polar surface area (TPSA) is 50.4 Å². The van der Waals surface area contributed by atoms with Crippen LogP contribution in [0.1, 0.15) is 15.9 Å². The van der Waals surface area contributed by atoms with Crippen LogP contribution in [0, 0.1) is 6.92 Å². The van der Waals surface area contributed by atoms with Crippen molar-refractivity contribution in [3.63, 3.8) is 0 Å². The van der Waals surface area contributed by atoms with Gasteiger partial charge in [0.05, 0.1) is 7.11 Å². The van der Waals surface area contributed by atoms with E-state index in [0.717, 1.165) is 22.7 Å². The zero-order valence-electron chi connectivity index (χ0n) is 11.9. The summed E-state index contributed by atoms with van der Waals surface area (Å²) in [6.45, 7) is 1.97. The van der Waals surface area contributed by atoms with Crippen LogP contribution < -0.4 is 15.4 Å². The average Bonchev–Trinajstić information content (AvgIpc) is 2.48. The molecular formula is C16H18N2O2. The van der Waals surface area contributed by atoms with Gasteiger partial charge >= 0.3 is 0 Å². The van der Waals surface area contributed by atoms with E-state index < -0.39 is 0 Å². The molecule has 20 heavy (non-hydrogen) atoms. The van der Waals surface area contributed by atoms with E-state index >= 15 is 0 Å². The number of methoxy groups -OCH3 is 1. The molecule has 0 aromatic heterocycles. The Kier molecular flexibility index (Phi) is 4.25. The minimum atomic E-state index is -0.124. The van der Waals surface area contributed by atoms with E-state index in [1.807, 2.05) is 50.4 Å². The van der Waals surface area contributed by atoms with Gasteiger partial charge < -0.3 is 15.4 Å². The number of hydrogen-bond acceptors (Lipinski definition) is 3. The quantitative estimate of drug-likeness (QED) is 0.896. The first-order chi connectivity index (χ1) is 9.63. The number of amides is 1. The summed E-state index contributed by atoms with van der Waals surface area (Å²) in [7, 11) is 3.47. The Hall–Kier alpha value is -2.49. The molecule has 0 aliphatic rings. The lowest BCUT2D eigenvalue weighted by molar-refractivity contribution is 0.102. The fourth-order valence-corrected chi connectivity index (χ4v) is 1.96. The van der Waals surface area contributed by atoms with E-state index in [1.54, 1.807) is 13.2 Å². The average molecular weight is 270 g/mol. The Labute approximate surface area is 118 Å². The predicted octanol–water partition coefficient (Wildman–Crippen LogP) is 3.30. The summed E-state index contributed by atoms with van der Waals surface area (Å²) in [4.78, 5) is 12.2. The van der Waals surface area contributed by atoms with Crippen molar-refractivity contribution in [2.75, 3.05) is 24.8 Å². The molecule has 104 valence electrons. The normalized spacial score (nSPS) is 9.95. The van der Waals surface area contributed by atoms with Crippen LogP contribution in [0.15, 0.2) is 42.5 Å². The lowest BCUT2D eigenvalue weighted by atomic mass is 10.1. The molecule has 4 nitrogen and oxygen atoms in total. The molecule has 0 saturated carbocycles. The largest absolute Gasteiger partial charge is 0.497 e. The number of rotatable bonds is 4. The van der Waals surface area contributed by atoms with E-state index in [-0.39, 0.29) is 5.91 Å². The summed E-state index contributed by atoms with van der Waals surface area (Å²) < 4.78 is 5.08. The van der Waals surface area contributed by atoms with Gasteiger partial charge in [0.15, 0.2) is 0 Å². The van der Waals surface area contributed by atoms with Gasteiger partial charge in [-0.05, 0) is 55.0 Å². The van der Waals surface area contributed by atoms with Gasteiger partial charge in [0.2, 0.25) is 0 Å². The number of aryl methyl sites for hydroxylation is 1. The van der Waals surface area contributed by atoms with E-state index in [1.165, 1.54) is 0 Å². The first-order valence-electron chi connectivity index (χ1n) is 6.38. The Bertz CT molecular complexity index is 606. The van der Waals surface area contributed by atoms with Crippen LogP contribution in [0.3, 0.4) is 0 Å². The summed E-state index contributed by atoms with van der Waals surface area (Å²) in [6, 6.07) is 12.8. The Morgan fingerprint density at radius 1 is 1.10 bits per heavy atom. The van der Waals surface area contributed by atoms with Gasteiger partial charge in [0, 0.05) is 24.0 Å². The first-order valence-corrected chi connectivity index (χ1v) is 6.38. The molecular weight excluding hydrogens is 252 g/mol. The van der Waals surface area contributed by atoms with Crippen LogP contribution in [0.25, 0.3) is 0 Å². The molecule has 0 spiro atoms. The minimum absolute atomic E-state index is 0.124. The molecule has 2 aromatic carbocycles. The molecule has 2 rings (SSSR count).